The number of hydrogen-bond donors (Lipinski definition) is 2. The first kappa shape index (κ1) is 20.4. The van der Waals surface area contributed by atoms with Gasteiger partial charge >= 0.3 is 15.6 Å². The van der Waals surface area contributed by atoms with Crippen LogP contribution in [0.5, 0.6) is 11.5 Å². The normalized spacial score (nSPS) is 11.2. The van der Waals surface area contributed by atoms with Crippen LogP contribution in [-0.2, 0) is 18.2 Å². The highest BCUT2D eigenvalue weighted by atomic mass is 31.2. The molecule has 0 aliphatic carbocycles. The van der Waals surface area contributed by atoms with Crippen molar-refractivity contribution in [3.8, 4) is 11.5 Å². The van der Waals surface area contributed by atoms with Crippen molar-refractivity contribution in [3.63, 3.8) is 0 Å². The molecule has 24 heavy (non-hydrogen) atoms. The lowest BCUT2D eigenvalue weighted by Crippen LogP contribution is -1.99. The molecule has 0 amide bonds. The molecule has 2 rings (SSSR count). The fourth-order valence-corrected chi connectivity index (χ4v) is 2.28. The summed E-state index contributed by atoms with van der Waals surface area (Å²) in [5, 5.41) is 0. The van der Waals surface area contributed by atoms with Crippen LogP contribution < -0.4 is 9.05 Å². The van der Waals surface area contributed by atoms with Crippen molar-refractivity contribution in [3.05, 3.63) is 60.7 Å². The first-order chi connectivity index (χ1) is 11.3. The Bertz CT molecular complexity index is 639. The van der Waals surface area contributed by atoms with Gasteiger partial charge in [-0.25, -0.2) is 9.13 Å². The minimum atomic E-state index is -4.14. The van der Waals surface area contributed by atoms with E-state index in [1.807, 2.05) is 0 Å². The van der Waals surface area contributed by atoms with Crippen LogP contribution in [0.1, 0.15) is 0 Å². The van der Waals surface area contributed by atoms with Crippen molar-refractivity contribution in [1.29, 1.82) is 0 Å². The van der Waals surface area contributed by atoms with Crippen LogP contribution in [0.3, 0.4) is 0 Å². The molecule has 0 fully saturated rings. The van der Waals surface area contributed by atoms with Gasteiger partial charge in [0, 0.05) is 14.2 Å². The molecule has 0 saturated carbocycles. The molecule has 2 N–H and O–H groups in total. The Morgan fingerprint density at radius 3 is 1.25 bits per heavy atom. The van der Waals surface area contributed by atoms with Crippen LogP contribution in [-0.4, -0.2) is 24.0 Å². The Kier molecular flexibility index (Phi) is 8.15. The van der Waals surface area contributed by atoms with E-state index in [-0.39, 0.29) is 11.5 Å². The Labute approximate surface area is 139 Å². The van der Waals surface area contributed by atoms with Crippen molar-refractivity contribution in [2.24, 2.45) is 0 Å². The third-order valence-electron chi connectivity index (χ3n) is 2.39. The van der Waals surface area contributed by atoms with Crippen LogP contribution >= 0.6 is 15.6 Å². The molecule has 0 aromatic heterocycles. The quantitative estimate of drug-likeness (QED) is 0.736. The summed E-state index contributed by atoms with van der Waals surface area (Å²) in [6.07, 6.45) is 0. The predicted octanol–water partition coefficient (Wildman–Crippen LogP) is 3.62. The van der Waals surface area contributed by atoms with Crippen LogP contribution in [0.25, 0.3) is 0 Å². The largest absolute Gasteiger partial charge is 0.584 e. The standard InChI is InChI=1S/C12H11O4P.C2H7O4P/c13-17(14,15-11-7-3-1-4-8-11)16-12-9-5-2-6-10-12;1-5-7(3,4)6-2/h1-10H,(H,13,14);1-2H3,(H,3,4). The first-order valence-corrected chi connectivity index (χ1v) is 9.53. The zero-order chi connectivity index (χ0) is 18.1. The van der Waals surface area contributed by atoms with Gasteiger partial charge in [0.1, 0.15) is 11.5 Å². The molecule has 10 heteroatoms. The van der Waals surface area contributed by atoms with Gasteiger partial charge in [0.05, 0.1) is 0 Å². The lowest BCUT2D eigenvalue weighted by atomic mass is 10.3. The lowest BCUT2D eigenvalue weighted by molar-refractivity contribution is 0.204. The van der Waals surface area contributed by atoms with Gasteiger partial charge in [0.2, 0.25) is 0 Å². The van der Waals surface area contributed by atoms with E-state index in [0.717, 1.165) is 14.2 Å². The molecule has 0 aliphatic rings. The number of phosphoric acid groups is 2. The predicted molar refractivity (Wildman–Crippen MR) is 87.8 cm³/mol. The summed E-state index contributed by atoms with van der Waals surface area (Å²) < 4.78 is 39.5. The number of hydrogen-bond acceptors (Lipinski definition) is 6. The van der Waals surface area contributed by atoms with Crippen molar-refractivity contribution >= 4 is 15.6 Å². The minimum absolute atomic E-state index is 0.286. The van der Waals surface area contributed by atoms with Crippen LogP contribution in [0, 0.1) is 0 Å². The highest BCUT2D eigenvalue weighted by molar-refractivity contribution is 7.48. The summed E-state index contributed by atoms with van der Waals surface area (Å²) >= 11 is 0. The topological polar surface area (TPSA) is 112 Å². The first-order valence-electron chi connectivity index (χ1n) is 6.54. The Morgan fingerprint density at radius 1 is 0.667 bits per heavy atom. The van der Waals surface area contributed by atoms with Crippen LogP contribution in [0.2, 0.25) is 0 Å². The second-order valence-electron chi connectivity index (χ2n) is 4.11. The third-order valence-corrected chi connectivity index (χ3v) is 4.20. The van der Waals surface area contributed by atoms with E-state index in [1.165, 1.54) is 0 Å². The van der Waals surface area contributed by atoms with E-state index < -0.39 is 15.6 Å². The van der Waals surface area contributed by atoms with E-state index in [4.69, 9.17) is 13.9 Å². The van der Waals surface area contributed by atoms with Crippen molar-refractivity contribution in [1.82, 2.24) is 0 Å². The molecule has 0 unspecified atom stereocenters. The lowest BCUT2D eigenvalue weighted by Gasteiger charge is -2.13. The number of benzene rings is 2. The average molecular weight is 376 g/mol. The summed E-state index contributed by atoms with van der Waals surface area (Å²) in [6, 6.07) is 16.7. The monoisotopic (exact) mass is 376 g/mol. The zero-order valence-electron chi connectivity index (χ0n) is 13.0. The maximum Gasteiger partial charge on any atom is 0.584 e. The fraction of sp³-hybridized carbons (Fsp3) is 0.143. The summed E-state index contributed by atoms with van der Waals surface area (Å²) in [5.74, 6) is 0.573. The maximum absolute atomic E-state index is 11.7. The zero-order valence-corrected chi connectivity index (χ0v) is 14.8. The summed E-state index contributed by atoms with van der Waals surface area (Å²) in [5.41, 5.74) is 0. The fourth-order valence-electron chi connectivity index (χ4n) is 1.32. The third kappa shape index (κ3) is 8.26. The number of para-hydroxylation sites is 2. The minimum Gasteiger partial charge on any atom is -0.395 e. The molecular formula is C14H18O8P2. The summed E-state index contributed by atoms with van der Waals surface area (Å²) in [6.45, 7) is 0. The molecule has 132 valence electrons. The van der Waals surface area contributed by atoms with E-state index >= 15 is 0 Å². The maximum atomic E-state index is 11.7. The Hall–Kier alpha value is -1.66. The number of phosphoric ester groups is 2. The molecule has 0 heterocycles. The smallest absolute Gasteiger partial charge is 0.395 e. The van der Waals surface area contributed by atoms with Crippen molar-refractivity contribution in [2.75, 3.05) is 14.2 Å². The van der Waals surface area contributed by atoms with Crippen LogP contribution in [0.4, 0.5) is 0 Å². The molecule has 2 aromatic rings. The van der Waals surface area contributed by atoms with E-state index in [9.17, 15) is 14.0 Å². The van der Waals surface area contributed by atoms with Crippen molar-refractivity contribution < 1.29 is 37.0 Å². The van der Waals surface area contributed by atoms with E-state index in [0.29, 0.717) is 0 Å². The van der Waals surface area contributed by atoms with Crippen molar-refractivity contribution in [2.45, 2.75) is 0 Å². The summed E-state index contributed by atoms with van der Waals surface area (Å²) in [7, 11) is -5.59. The second-order valence-corrected chi connectivity index (χ2v) is 7.08. The van der Waals surface area contributed by atoms with Gasteiger partial charge < -0.3 is 13.9 Å². The van der Waals surface area contributed by atoms with Gasteiger partial charge in [-0.1, -0.05) is 36.4 Å². The molecular weight excluding hydrogens is 358 g/mol. The SMILES string of the molecule is COP(=O)(O)OC.O=P(O)(Oc1ccccc1)Oc1ccccc1. The summed E-state index contributed by atoms with van der Waals surface area (Å²) in [4.78, 5) is 17.8. The molecule has 0 bridgehead atoms. The molecule has 2 aromatic carbocycles. The Morgan fingerprint density at radius 2 is 1.00 bits per heavy atom. The molecule has 0 radical (unpaired) electrons. The van der Waals surface area contributed by atoms with E-state index in [2.05, 4.69) is 9.05 Å². The van der Waals surface area contributed by atoms with Gasteiger partial charge in [-0.3, -0.25) is 13.9 Å². The van der Waals surface area contributed by atoms with Crippen LogP contribution in [0.15, 0.2) is 60.7 Å². The average Bonchev–Trinajstić information content (AvgIpc) is 2.56. The van der Waals surface area contributed by atoms with Gasteiger partial charge in [-0.15, -0.1) is 0 Å². The molecule has 0 atom stereocenters. The van der Waals surface area contributed by atoms with Gasteiger partial charge in [-0.2, -0.15) is 0 Å². The number of rotatable bonds is 6. The van der Waals surface area contributed by atoms with Gasteiger partial charge in [0.15, 0.2) is 0 Å². The Balaban J connectivity index is 0.000000351. The molecule has 0 aliphatic heterocycles. The highest BCUT2D eigenvalue weighted by Gasteiger charge is 2.24. The molecule has 0 spiro atoms. The second kappa shape index (κ2) is 9.59. The molecule has 8 nitrogen and oxygen atoms in total. The highest BCUT2D eigenvalue weighted by Crippen LogP contribution is 2.44. The molecule has 0 saturated heterocycles. The van der Waals surface area contributed by atoms with E-state index in [1.54, 1.807) is 60.7 Å². The van der Waals surface area contributed by atoms with Gasteiger partial charge in [-0.05, 0) is 24.3 Å². The van der Waals surface area contributed by atoms with Gasteiger partial charge in [0.25, 0.3) is 0 Å².